The van der Waals surface area contributed by atoms with Gasteiger partial charge < -0.3 is 24.1 Å². The first-order valence-corrected chi connectivity index (χ1v) is 13.6. The molecule has 2 fully saturated rings. The summed E-state index contributed by atoms with van der Waals surface area (Å²) in [6, 6.07) is 12.3. The average molecular weight is 489 g/mol. The maximum absolute atomic E-state index is 14.4. The van der Waals surface area contributed by atoms with Gasteiger partial charge in [-0.3, -0.25) is 9.59 Å². The number of amides is 2. The van der Waals surface area contributed by atoms with Crippen molar-refractivity contribution >= 4 is 22.7 Å². The molecule has 1 saturated carbocycles. The summed E-state index contributed by atoms with van der Waals surface area (Å²) in [6.07, 6.45) is 12.6. The van der Waals surface area contributed by atoms with Crippen LogP contribution in [-0.4, -0.2) is 56.7 Å². The van der Waals surface area contributed by atoms with E-state index in [0.717, 1.165) is 55.1 Å². The second-order valence-corrected chi connectivity index (χ2v) is 10.9. The van der Waals surface area contributed by atoms with Crippen molar-refractivity contribution in [2.24, 2.45) is 0 Å². The van der Waals surface area contributed by atoms with E-state index in [4.69, 9.17) is 4.74 Å². The zero-order chi connectivity index (χ0) is 24.7. The van der Waals surface area contributed by atoms with Crippen LogP contribution in [0.4, 0.5) is 0 Å². The van der Waals surface area contributed by atoms with Crippen LogP contribution in [0.25, 0.3) is 16.6 Å². The number of rotatable bonds is 5. The molecule has 2 amide bonds. The molecule has 36 heavy (non-hydrogen) atoms. The molecular formula is C29H36N4O3. The van der Waals surface area contributed by atoms with Gasteiger partial charge in [-0.15, -0.1) is 0 Å². The maximum atomic E-state index is 14.4. The molecule has 190 valence electrons. The Morgan fingerprint density at radius 3 is 2.50 bits per heavy atom. The lowest BCUT2D eigenvalue weighted by molar-refractivity contribution is -0.134. The lowest BCUT2D eigenvalue weighted by atomic mass is 9.92. The van der Waals surface area contributed by atoms with E-state index in [1.54, 1.807) is 0 Å². The molecule has 0 radical (unpaired) electrons. The van der Waals surface area contributed by atoms with Crippen molar-refractivity contribution < 1.29 is 14.3 Å². The fourth-order valence-corrected chi connectivity index (χ4v) is 6.39. The van der Waals surface area contributed by atoms with E-state index in [1.807, 2.05) is 53.0 Å². The number of benzene rings is 1. The predicted octanol–water partition coefficient (Wildman–Crippen LogP) is 4.66. The summed E-state index contributed by atoms with van der Waals surface area (Å²) in [6.45, 7) is 3.51. The molecule has 7 heteroatoms. The van der Waals surface area contributed by atoms with Gasteiger partial charge in [-0.05, 0) is 50.8 Å². The summed E-state index contributed by atoms with van der Waals surface area (Å²) in [5, 5.41) is 4.38. The quantitative estimate of drug-likeness (QED) is 0.531. The summed E-state index contributed by atoms with van der Waals surface area (Å²) < 4.78 is 10.0. The Morgan fingerprint density at radius 1 is 1.03 bits per heavy atom. The van der Waals surface area contributed by atoms with E-state index >= 15 is 0 Å². The van der Waals surface area contributed by atoms with Gasteiger partial charge >= 0.3 is 0 Å². The van der Waals surface area contributed by atoms with Gasteiger partial charge in [-0.1, -0.05) is 43.9 Å². The molecule has 1 aromatic carbocycles. The van der Waals surface area contributed by atoms with Gasteiger partial charge in [-0.2, -0.15) is 0 Å². The first-order chi connectivity index (χ1) is 17.6. The molecule has 6 rings (SSSR count). The third kappa shape index (κ3) is 3.94. The molecule has 3 aliphatic rings. The predicted molar refractivity (Wildman–Crippen MR) is 139 cm³/mol. The molecule has 3 aromatic rings. The smallest absolute Gasteiger partial charge is 0.273 e. The molecule has 0 bridgehead atoms. The Balaban J connectivity index is 1.45. The summed E-state index contributed by atoms with van der Waals surface area (Å²) in [5.41, 5.74) is 1.50. The number of carbonyl (C=O) groups excluding carboxylic acids is 2. The topological polar surface area (TPSA) is 68.5 Å². The van der Waals surface area contributed by atoms with Crippen molar-refractivity contribution in [1.29, 1.82) is 0 Å². The third-order valence-electron chi connectivity index (χ3n) is 8.41. The van der Waals surface area contributed by atoms with Crippen LogP contribution < -0.4 is 5.32 Å². The van der Waals surface area contributed by atoms with E-state index in [1.165, 1.54) is 12.8 Å². The van der Waals surface area contributed by atoms with Crippen LogP contribution >= 0.6 is 0 Å². The van der Waals surface area contributed by atoms with Gasteiger partial charge in [0, 0.05) is 37.0 Å². The summed E-state index contributed by atoms with van der Waals surface area (Å²) in [5.74, 6) is -0.151. The van der Waals surface area contributed by atoms with Crippen LogP contribution in [0, 0.1) is 0 Å². The molecular weight excluding hydrogens is 452 g/mol. The molecule has 1 saturated heterocycles. The van der Waals surface area contributed by atoms with Gasteiger partial charge in [0.15, 0.2) is 0 Å². The lowest BCUT2D eigenvalue weighted by Crippen LogP contribution is -2.66. The van der Waals surface area contributed by atoms with Gasteiger partial charge in [-0.25, -0.2) is 0 Å². The zero-order valence-electron chi connectivity index (χ0n) is 21.1. The number of nitrogens with zero attached hydrogens (tertiary/aromatic N) is 3. The second kappa shape index (κ2) is 9.43. The molecule has 7 nitrogen and oxygen atoms in total. The Bertz CT molecular complexity index is 1250. The largest absolute Gasteiger partial charge is 0.376 e. The number of ether oxygens (including phenoxy) is 1. The molecule has 0 spiro atoms. The first kappa shape index (κ1) is 23.3. The van der Waals surface area contributed by atoms with E-state index in [-0.39, 0.29) is 24.0 Å². The fraction of sp³-hybridized carbons (Fsp3) is 0.517. The fourth-order valence-electron chi connectivity index (χ4n) is 6.39. The van der Waals surface area contributed by atoms with Crippen molar-refractivity contribution in [3.05, 3.63) is 54.5 Å². The van der Waals surface area contributed by atoms with Crippen molar-refractivity contribution in [2.75, 3.05) is 13.2 Å². The zero-order valence-corrected chi connectivity index (χ0v) is 21.1. The number of aromatic nitrogens is 2. The Kier molecular flexibility index (Phi) is 6.12. The van der Waals surface area contributed by atoms with Gasteiger partial charge in [0.05, 0.1) is 23.9 Å². The van der Waals surface area contributed by atoms with Gasteiger partial charge in [0.1, 0.15) is 11.2 Å². The van der Waals surface area contributed by atoms with Crippen molar-refractivity contribution in [1.82, 2.24) is 19.4 Å². The first-order valence-electron chi connectivity index (χ1n) is 13.6. The molecule has 0 unspecified atom stereocenters. The highest BCUT2D eigenvalue weighted by Gasteiger charge is 2.50. The highest BCUT2D eigenvalue weighted by atomic mass is 16.5. The van der Waals surface area contributed by atoms with Crippen molar-refractivity contribution in [3.63, 3.8) is 0 Å². The van der Waals surface area contributed by atoms with Crippen LogP contribution in [-0.2, 0) is 16.1 Å². The Labute approximate surface area is 212 Å². The average Bonchev–Trinajstić information content (AvgIpc) is 3.61. The third-order valence-corrected chi connectivity index (χ3v) is 8.41. The van der Waals surface area contributed by atoms with Crippen molar-refractivity contribution in [3.8, 4) is 5.69 Å². The van der Waals surface area contributed by atoms with Gasteiger partial charge in [0.25, 0.3) is 5.91 Å². The summed E-state index contributed by atoms with van der Waals surface area (Å²) in [7, 11) is 0. The van der Waals surface area contributed by atoms with Crippen LogP contribution in [0.5, 0.6) is 0 Å². The summed E-state index contributed by atoms with van der Waals surface area (Å²) >= 11 is 0. The van der Waals surface area contributed by atoms with Crippen LogP contribution in [0.2, 0.25) is 0 Å². The normalized spacial score (nSPS) is 25.2. The van der Waals surface area contributed by atoms with E-state index in [9.17, 15) is 9.59 Å². The Morgan fingerprint density at radius 2 is 1.78 bits per heavy atom. The lowest BCUT2D eigenvalue weighted by Gasteiger charge is -2.45. The standard InChI is InChI=1S/C29H36N4O3/c1-29(28(35)30-21-11-4-2-3-5-12-21)20-32-24-15-7-6-14-23(24)25(31-16-8-9-17-31)26(32)27(34)33(29)19-22-13-10-18-36-22/h6-9,14-17,21-22H,2-5,10-13,18-20H2,1H3,(H,30,35)/t22-,29+/m0/s1. The molecule has 4 heterocycles. The van der Waals surface area contributed by atoms with E-state index < -0.39 is 5.54 Å². The molecule has 2 atom stereocenters. The number of fused-ring (bicyclic) bond motifs is 3. The van der Waals surface area contributed by atoms with Crippen LogP contribution in [0.15, 0.2) is 48.8 Å². The molecule has 2 aromatic heterocycles. The molecule has 1 N–H and O–H groups in total. The monoisotopic (exact) mass is 488 g/mol. The van der Waals surface area contributed by atoms with Crippen LogP contribution in [0.1, 0.15) is 68.8 Å². The maximum Gasteiger partial charge on any atom is 0.273 e. The minimum Gasteiger partial charge on any atom is -0.376 e. The number of hydrogen-bond donors (Lipinski definition) is 1. The molecule has 1 aliphatic carbocycles. The second-order valence-electron chi connectivity index (χ2n) is 10.9. The van der Waals surface area contributed by atoms with E-state index in [2.05, 4.69) is 22.0 Å². The highest BCUT2D eigenvalue weighted by Crippen LogP contribution is 2.38. The van der Waals surface area contributed by atoms with Gasteiger partial charge in [0.2, 0.25) is 5.91 Å². The van der Waals surface area contributed by atoms with Crippen LogP contribution in [0.3, 0.4) is 0 Å². The Hall–Kier alpha value is -3.06. The number of para-hydroxylation sites is 1. The van der Waals surface area contributed by atoms with E-state index in [0.29, 0.717) is 25.4 Å². The number of nitrogens with one attached hydrogen (secondary N) is 1. The van der Waals surface area contributed by atoms with Crippen molar-refractivity contribution in [2.45, 2.75) is 82.5 Å². The minimum atomic E-state index is -1.00. The molecule has 2 aliphatic heterocycles. The minimum absolute atomic E-state index is 0.0371. The summed E-state index contributed by atoms with van der Waals surface area (Å²) in [4.78, 5) is 30.3. The SMILES string of the molecule is C[C@]1(C(=O)NC2CCCCCC2)Cn2c(c(-n3cccc3)c3ccccc32)C(=O)N1C[C@@H]1CCCO1. The number of hydrogen-bond acceptors (Lipinski definition) is 3. The highest BCUT2D eigenvalue weighted by molar-refractivity contribution is 6.09. The number of carbonyl (C=O) groups is 2.